The molecule has 0 bridgehead atoms. The zero-order valence-electron chi connectivity index (χ0n) is 18.2. The largest absolute Gasteiger partial charge is 0.462 e. The van der Waals surface area contributed by atoms with Crippen molar-refractivity contribution in [1.29, 1.82) is 0 Å². The zero-order chi connectivity index (χ0) is 24.8. The molecule has 0 atom stereocenters. The highest BCUT2D eigenvalue weighted by molar-refractivity contribution is 7.19. The minimum Gasteiger partial charge on any atom is -0.462 e. The Kier molecular flexibility index (Phi) is 7.98. The van der Waals surface area contributed by atoms with Crippen molar-refractivity contribution in [2.24, 2.45) is 0 Å². The third-order valence-electron chi connectivity index (χ3n) is 4.68. The highest BCUT2D eigenvalue weighted by Gasteiger charge is 2.27. The number of non-ortho nitro benzene ring substituents is 1. The smallest absolute Gasteiger partial charge is 0.341 e. The van der Waals surface area contributed by atoms with Crippen LogP contribution >= 0.6 is 22.9 Å². The molecule has 9 nitrogen and oxygen atoms in total. The maximum absolute atomic E-state index is 12.9. The van der Waals surface area contributed by atoms with Crippen LogP contribution in [0.5, 0.6) is 0 Å². The normalized spacial score (nSPS) is 10.4. The van der Waals surface area contributed by atoms with Gasteiger partial charge in [0.2, 0.25) is 5.91 Å². The number of carbonyl (C=O) groups excluding carboxylic acids is 3. The number of nitro groups is 1. The van der Waals surface area contributed by atoms with Crippen molar-refractivity contribution in [1.82, 2.24) is 0 Å². The number of thiophene rings is 1. The summed E-state index contributed by atoms with van der Waals surface area (Å²) in [7, 11) is 0. The predicted octanol–water partition coefficient (Wildman–Crippen LogP) is 5.23. The number of halogens is 1. The van der Waals surface area contributed by atoms with Crippen LogP contribution in [0.4, 0.5) is 16.4 Å². The second-order valence-corrected chi connectivity index (χ2v) is 8.55. The summed E-state index contributed by atoms with van der Waals surface area (Å²) in [5, 5.41) is 17.0. The lowest BCUT2D eigenvalue weighted by Gasteiger charge is -2.07. The van der Waals surface area contributed by atoms with E-state index >= 15 is 0 Å². The maximum atomic E-state index is 12.9. The van der Waals surface area contributed by atoms with Gasteiger partial charge in [-0.05, 0) is 43.2 Å². The van der Waals surface area contributed by atoms with Gasteiger partial charge in [-0.15, -0.1) is 11.3 Å². The van der Waals surface area contributed by atoms with Crippen LogP contribution in [0.1, 0.15) is 38.1 Å². The summed E-state index contributed by atoms with van der Waals surface area (Å²) in [6, 6.07) is 12.2. The van der Waals surface area contributed by atoms with Crippen LogP contribution < -0.4 is 10.6 Å². The molecule has 34 heavy (non-hydrogen) atoms. The van der Waals surface area contributed by atoms with Gasteiger partial charge in [0, 0.05) is 22.8 Å². The van der Waals surface area contributed by atoms with Crippen LogP contribution in [0.25, 0.3) is 0 Å². The Bertz CT molecular complexity index is 1260. The van der Waals surface area contributed by atoms with E-state index in [2.05, 4.69) is 10.6 Å². The monoisotopic (exact) mass is 501 g/mol. The fraction of sp³-hybridized carbons (Fsp3) is 0.174. The molecule has 176 valence electrons. The molecular weight excluding hydrogens is 482 g/mol. The standard InChI is InChI=1S/C23H20ClN3O6S/c1-3-33-23(30)19-13(2)20(21(29)25-16-5-4-6-17(12-16)27(31)32)34-22(19)26-18(28)11-14-7-9-15(24)10-8-14/h4-10,12H,3,11H2,1-2H3,(H,25,29)(H,26,28). The molecule has 2 N–H and O–H groups in total. The number of esters is 1. The van der Waals surface area contributed by atoms with Gasteiger partial charge in [-0.2, -0.15) is 0 Å². The summed E-state index contributed by atoms with van der Waals surface area (Å²) in [6.07, 6.45) is 0.0333. The Morgan fingerprint density at radius 2 is 1.82 bits per heavy atom. The number of nitrogens with one attached hydrogen (secondary N) is 2. The Hall–Kier alpha value is -3.76. The van der Waals surface area contributed by atoms with Crippen LogP contribution in [0.3, 0.4) is 0 Å². The Morgan fingerprint density at radius 3 is 2.47 bits per heavy atom. The predicted molar refractivity (Wildman–Crippen MR) is 130 cm³/mol. The number of rotatable bonds is 8. The van der Waals surface area contributed by atoms with Crippen LogP contribution in [0, 0.1) is 17.0 Å². The second-order valence-electron chi connectivity index (χ2n) is 7.09. The van der Waals surface area contributed by atoms with Crippen molar-refractivity contribution in [2.75, 3.05) is 17.2 Å². The first kappa shape index (κ1) is 24.9. The van der Waals surface area contributed by atoms with Gasteiger partial charge >= 0.3 is 5.97 Å². The summed E-state index contributed by atoms with van der Waals surface area (Å²) in [5.41, 5.74) is 1.17. The van der Waals surface area contributed by atoms with Crippen LogP contribution in [-0.2, 0) is 16.0 Å². The van der Waals surface area contributed by atoms with Crippen molar-refractivity contribution < 1.29 is 24.0 Å². The lowest BCUT2D eigenvalue weighted by atomic mass is 10.1. The van der Waals surface area contributed by atoms with E-state index in [0.29, 0.717) is 10.6 Å². The van der Waals surface area contributed by atoms with Crippen molar-refractivity contribution in [3.63, 3.8) is 0 Å². The Balaban J connectivity index is 1.87. The average molecular weight is 502 g/mol. The van der Waals surface area contributed by atoms with Gasteiger partial charge in [-0.3, -0.25) is 19.7 Å². The summed E-state index contributed by atoms with van der Waals surface area (Å²) in [6.45, 7) is 3.33. The first-order valence-electron chi connectivity index (χ1n) is 10.1. The molecule has 0 aliphatic rings. The second kappa shape index (κ2) is 10.9. The molecular formula is C23H20ClN3O6S. The van der Waals surface area contributed by atoms with Crippen LogP contribution in [0.2, 0.25) is 5.02 Å². The van der Waals surface area contributed by atoms with Gasteiger partial charge in [0.05, 0.1) is 28.4 Å². The van der Waals surface area contributed by atoms with Crippen molar-refractivity contribution >= 4 is 57.1 Å². The van der Waals surface area contributed by atoms with Crippen molar-refractivity contribution in [3.05, 3.63) is 85.2 Å². The maximum Gasteiger partial charge on any atom is 0.341 e. The number of nitro benzene ring substituents is 1. The molecule has 0 fully saturated rings. The Labute approximate surface area is 203 Å². The highest BCUT2D eigenvalue weighted by atomic mass is 35.5. The number of benzene rings is 2. The highest BCUT2D eigenvalue weighted by Crippen LogP contribution is 2.34. The van der Waals surface area contributed by atoms with Gasteiger partial charge in [0.25, 0.3) is 11.6 Å². The first-order valence-corrected chi connectivity index (χ1v) is 11.3. The van der Waals surface area contributed by atoms with E-state index in [4.69, 9.17) is 16.3 Å². The molecule has 3 rings (SSSR count). The van der Waals surface area contributed by atoms with Crippen LogP contribution in [0.15, 0.2) is 48.5 Å². The number of amides is 2. The molecule has 0 spiro atoms. The molecule has 0 aliphatic heterocycles. The molecule has 0 saturated carbocycles. The first-order chi connectivity index (χ1) is 16.2. The Morgan fingerprint density at radius 1 is 1.12 bits per heavy atom. The summed E-state index contributed by atoms with van der Waals surface area (Å²) < 4.78 is 5.11. The topological polar surface area (TPSA) is 128 Å². The van der Waals surface area contributed by atoms with E-state index < -0.39 is 16.8 Å². The quantitative estimate of drug-likeness (QED) is 0.247. The molecule has 0 aliphatic carbocycles. The number of ether oxygens (including phenoxy) is 1. The van der Waals surface area contributed by atoms with Gasteiger partial charge < -0.3 is 15.4 Å². The third-order valence-corrected chi connectivity index (χ3v) is 6.14. The van der Waals surface area contributed by atoms with Gasteiger partial charge in [-0.1, -0.05) is 29.8 Å². The van der Waals surface area contributed by atoms with Gasteiger partial charge in [-0.25, -0.2) is 4.79 Å². The van der Waals surface area contributed by atoms with Gasteiger partial charge in [0.15, 0.2) is 0 Å². The molecule has 0 unspecified atom stereocenters. The van der Waals surface area contributed by atoms with E-state index in [0.717, 1.165) is 16.9 Å². The molecule has 2 aromatic carbocycles. The average Bonchev–Trinajstić information content (AvgIpc) is 3.11. The number of hydrogen-bond donors (Lipinski definition) is 2. The lowest BCUT2D eigenvalue weighted by molar-refractivity contribution is -0.384. The fourth-order valence-electron chi connectivity index (χ4n) is 3.11. The molecule has 0 saturated heterocycles. The fourth-order valence-corrected chi connectivity index (χ4v) is 4.34. The van der Waals surface area contributed by atoms with Crippen molar-refractivity contribution in [3.8, 4) is 0 Å². The minimum absolute atomic E-state index is 0.0333. The lowest BCUT2D eigenvalue weighted by Crippen LogP contribution is -2.16. The molecule has 1 aromatic heterocycles. The van der Waals surface area contributed by atoms with E-state index in [1.165, 1.54) is 24.3 Å². The molecule has 0 radical (unpaired) electrons. The molecule has 11 heteroatoms. The van der Waals surface area contributed by atoms with Crippen LogP contribution in [-0.4, -0.2) is 29.3 Å². The van der Waals surface area contributed by atoms with Gasteiger partial charge in [0.1, 0.15) is 5.00 Å². The SMILES string of the molecule is CCOC(=O)c1c(NC(=O)Cc2ccc(Cl)cc2)sc(C(=O)Nc2cccc([N+](=O)[O-])c2)c1C. The summed E-state index contributed by atoms with van der Waals surface area (Å²) in [4.78, 5) is 48.7. The number of nitrogens with zero attached hydrogens (tertiary/aromatic N) is 1. The molecule has 3 aromatic rings. The summed E-state index contributed by atoms with van der Waals surface area (Å²) in [5.74, 6) is -1.64. The molecule has 2 amide bonds. The van der Waals surface area contributed by atoms with E-state index in [1.807, 2.05) is 0 Å². The van der Waals surface area contributed by atoms with E-state index in [-0.39, 0.29) is 45.8 Å². The van der Waals surface area contributed by atoms with E-state index in [1.54, 1.807) is 38.1 Å². The minimum atomic E-state index is -0.674. The number of hydrogen-bond acceptors (Lipinski definition) is 7. The third kappa shape index (κ3) is 5.97. The number of carbonyl (C=O) groups is 3. The van der Waals surface area contributed by atoms with E-state index in [9.17, 15) is 24.5 Å². The number of anilines is 2. The van der Waals surface area contributed by atoms with Crippen molar-refractivity contribution in [2.45, 2.75) is 20.3 Å². The molecule has 1 heterocycles. The summed E-state index contributed by atoms with van der Waals surface area (Å²) >= 11 is 6.79. The zero-order valence-corrected chi connectivity index (χ0v) is 19.8.